The van der Waals surface area contributed by atoms with E-state index in [9.17, 15) is 4.79 Å². The van der Waals surface area contributed by atoms with Crippen molar-refractivity contribution in [2.24, 2.45) is 23.7 Å². The van der Waals surface area contributed by atoms with Crippen LogP contribution in [0.25, 0.3) is 0 Å². The molecule has 0 unspecified atom stereocenters. The molecule has 0 radical (unpaired) electrons. The Morgan fingerprint density at radius 1 is 1.06 bits per heavy atom. The minimum atomic E-state index is 0.400. The third-order valence-corrected chi connectivity index (χ3v) is 4.37. The van der Waals surface area contributed by atoms with Gasteiger partial charge in [-0.25, -0.2) is 0 Å². The smallest absolute Gasteiger partial charge is 0.135 e. The molecule has 0 N–H and O–H groups in total. The van der Waals surface area contributed by atoms with Crippen molar-refractivity contribution in [1.29, 1.82) is 0 Å². The van der Waals surface area contributed by atoms with Gasteiger partial charge in [0, 0.05) is 12.3 Å². The highest BCUT2D eigenvalue weighted by atomic mass is 16.1. The number of carbonyl (C=O) groups excluding carboxylic acids is 1. The molecule has 0 atom stereocenters. The Morgan fingerprint density at radius 3 is 2.12 bits per heavy atom. The summed E-state index contributed by atoms with van der Waals surface area (Å²) >= 11 is 0. The maximum Gasteiger partial charge on any atom is 0.135 e. The van der Waals surface area contributed by atoms with Gasteiger partial charge in [0.2, 0.25) is 0 Å². The zero-order chi connectivity index (χ0) is 12.8. The van der Waals surface area contributed by atoms with Crippen molar-refractivity contribution in [3.63, 3.8) is 0 Å². The summed E-state index contributed by atoms with van der Waals surface area (Å²) in [6, 6.07) is 0. The molecule has 0 bridgehead atoms. The predicted octanol–water partition coefficient (Wildman–Crippen LogP) is 4.84. The van der Waals surface area contributed by atoms with Crippen molar-refractivity contribution in [2.75, 3.05) is 0 Å². The van der Waals surface area contributed by atoms with Gasteiger partial charge in [0.1, 0.15) is 5.78 Å². The van der Waals surface area contributed by atoms with Crippen LogP contribution in [-0.4, -0.2) is 5.78 Å². The summed E-state index contributed by atoms with van der Waals surface area (Å²) in [4.78, 5) is 12.1. The molecule has 100 valence electrons. The molecule has 0 aromatic heterocycles. The number of hydrogen-bond acceptors (Lipinski definition) is 1. The first kappa shape index (κ1) is 14.7. The van der Waals surface area contributed by atoms with Crippen molar-refractivity contribution >= 4 is 5.78 Å². The molecule has 1 heteroatoms. The average Bonchev–Trinajstić information content (AvgIpc) is 2.28. The predicted molar refractivity (Wildman–Crippen MR) is 74.0 cm³/mol. The van der Waals surface area contributed by atoms with Gasteiger partial charge in [0.05, 0.1) is 0 Å². The van der Waals surface area contributed by atoms with E-state index in [1.54, 1.807) is 0 Å². The molecule has 1 saturated carbocycles. The molecule has 0 aromatic carbocycles. The first-order chi connectivity index (χ1) is 8.00. The Kier molecular flexibility index (Phi) is 6.22. The summed E-state index contributed by atoms with van der Waals surface area (Å²) < 4.78 is 0. The fraction of sp³-hybridized carbons (Fsp3) is 0.938. The van der Waals surface area contributed by atoms with Crippen molar-refractivity contribution < 1.29 is 4.79 Å². The van der Waals surface area contributed by atoms with E-state index in [4.69, 9.17) is 0 Å². The van der Waals surface area contributed by atoms with Gasteiger partial charge in [-0.05, 0) is 49.9 Å². The van der Waals surface area contributed by atoms with Crippen molar-refractivity contribution in [3.8, 4) is 0 Å². The minimum Gasteiger partial charge on any atom is -0.299 e. The second-order valence-electron chi connectivity index (χ2n) is 6.61. The van der Waals surface area contributed by atoms with E-state index >= 15 is 0 Å². The summed E-state index contributed by atoms with van der Waals surface area (Å²) in [5, 5.41) is 0. The van der Waals surface area contributed by atoms with Crippen LogP contribution in [0.3, 0.4) is 0 Å². The molecule has 1 aliphatic carbocycles. The van der Waals surface area contributed by atoms with E-state index < -0.39 is 0 Å². The van der Waals surface area contributed by atoms with Gasteiger partial charge >= 0.3 is 0 Å². The van der Waals surface area contributed by atoms with Gasteiger partial charge in [-0.2, -0.15) is 0 Å². The normalized spacial score (nSPS) is 25.5. The maximum atomic E-state index is 12.1. The number of rotatable bonds is 6. The summed E-state index contributed by atoms with van der Waals surface area (Å²) in [5.41, 5.74) is 0. The zero-order valence-corrected chi connectivity index (χ0v) is 12.2. The van der Waals surface area contributed by atoms with Crippen LogP contribution >= 0.6 is 0 Å². The fourth-order valence-electron chi connectivity index (χ4n) is 3.00. The highest BCUT2D eigenvalue weighted by Crippen LogP contribution is 2.34. The van der Waals surface area contributed by atoms with Gasteiger partial charge in [0.25, 0.3) is 0 Å². The standard InChI is InChI=1S/C16H30O/c1-12(2)6-5-7-16(17)15-10-8-14(9-11-15)13(3)4/h12-15H,5-11H2,1-4H3. The number of ketones is 1. The molecule has 1 rings (SSSR count). The Hall–Kier alpha value is -0.330. The molecular weight excluding hydrogens is 208 g/mol. The maximum absolute atomic E-state index is 12.1. The molecule has 0 amide bonds. The Bertz CT molecular complexity index is 222. The van der Waals surface area contributed by atoms with Gasteiger partial charge < -0.3 is 0 Å². The van der Waals surface area contributed by atoms with E-state index in [1.807, 2.05) is 0 Å². The molecule has 0 heterocycles. The second-order valence-corrected chi connectivity index (χ2v) is 6.61. The Morgan fingerprint density at radius 2 is 1.65 bits per heavy atom. The van der Waals surface area contributed by atoms with Crippen LogP contribution < -0.4 is 0 Å². The highest BCUT2D eigenvalue weighted by molar-refractivity contribution is 5.81. The Labute approximate surface area is 107 Å². The third-order valence-electron chi connectivity index (χ3n) is 4.37. The molecule has 1 fully saturated rings. The lowest BCUT2D eigenvalue weighted by Crippen LogP contribution is -2.24. The van der Waals surface area contributed by atoms with Gasteiger partial charge in [-0.15, -0.1) is 0 Å². The molecule has 17 heavy (non-hydrogen) atoms. The lowest BCUT2D eigenvalue weighted by molar-refractivity contribution is -0.124. The number of Topliss-reactive ketones (excluding diaryl/α,β-unsaturated/α-hetero) is 1. The van der Waals surface area contributed by atoms with E-state index in [0.29, 0.717) is 11.7 Å². The summed E-state index contributed by atoms with van der Waals surface area (Å²) in [7, 11) is 0. The number of carbonyl (C=O) groups is 1. The fourth-order valence-corrected chi connectivity index (χ4v) is 3.00. The van der Waals surface area contributed by atoms with E-state index in [0.717, 1.165) is 43.4 Å². The van der Waals surface area contributed by atoms with Crippen molar-refractivity contribution in [3.05, 3.63) is 0 Å². The van der Waals surface area contributed by atoms with E-state index in [-0.39, 0.29) is 0 Å². The summed E-state index contributed by atoms with van der Waals surface area (Å²) in [5.74, 6) is 3.35. The molecule has 0 spiro atoms. The quantitative estimate of drug-likeness (QED) is 0.647. The Balaban J connectivity index is 2.21. The van der Waals surface area contributed by atoms with Crippen LogP contribution in [0, 0.1) is 23.7 Å². The van der Waals surface area contributed by atoms with Gasteiger partial charge in [-0.3, -0.25) is 4.79 Å². The largest absolute Gasteiger partial charge is 0.299 e. The van der Waals surface area contributed by atoms with Crippen molar-refractivity contribution in [1.82, 2.24) is 0 Å². The van der Waals surface area contributed by atoms with E-state index in [2.05, 4.69) is 27.7 Å². The van der Waals surface area contributed by atoms with Crippen LogP contribution in [0.4, 0.5) is 0 Å². The summed E-state index contributed by atoms with van der Waals surface area (Å²) in [6.07, 6.45) is 7.99. The molecule has 0 aromatic rings. The van der Waals surface area contributed by atoms with Crippen LogP contribution in [0.2, 0.25) is 0 Å². The molecular formula is C16H30O. The first-order valence-corrected chi connectivity index (χ1v) is 7.53. The lowest BCUT2D eigenvalue weighted by Gasteiger charge is -2.30. The van der Waals surface area contributed by atoms with Crippen LogP contribution in [-0.2, 0) is 4.79 Å². The SMILES string of the molecule is CC(C)CCCC(=O)C1CCC(C(C)C)CC1. The second kappa shape index (κ2) is 7.18. The van der Waals surface area contributed by atoms with Crippen molar-refractivity contribution in [2.45, 2.75) is 72.6 Å². The van der Waals surface area contributed by atoms with Gasteiger partial charge in [0.15, 0.2) is 0 Å². The highest BCUT2D eigenvalue weighted by Gasteiger charge is 2.26. The topological polar surface area (TPSA) is 17.1 Å². The zero-order valence-electron chi connectivity index (χ0n) is 12.2. The molecule has 0 aliphatic heterocycles. The van der Waals surface area contributed by atoms with Crippen LogP contribution in [0.5, 0.6) is 0 Å². The van der Waals surface area contributed by atoms with E-state index in [1.165, 1.54) is 19.3 Å². The molecule has 1 aliphatic rings. The monoisotopic (exact) mass is 238 g/mol. The minimum absolute atomic E-state index is 0.400. The third kappa shape index (κ3) is 5.23. The van der Waals surface area contributed by atoms with Crippen LogP contribution in [0.15, 0.2) is 0 Å². The molecule has 1 nitrogen and oxygen atoms in total. The molecule has 0 saturated heterocycles. The van der Waals surface area contributed by atoms with Crippen LogP contribution in [0.1, 0.15) is 72.6 Å². The lowest BCUT2D eigenvalue weighted by atomic mass is 9.75. The first-order valence-electron chi connectivity index (χ1n) is 7.53. The number of hydrogen-bond donors (Lipinski definition) is 0. The van der Waals surface area contributed by atoms with Gasteiger partial charge in [-0.1, -0.05) is 34.1 Å². The average molecular weight is 238 g/mol. The summed E-state index contributed by atoms with van der Waals surface area (Å²) in [6.45, 7) is 9.10.